The third kappa shape index (κ3) is 1.09. The second kappa shape index (κ2) is 2.17. The highest BCUT2D eigenvalue weighted by Crippen LogP contribution is 1.94. The Balaban J connectivity index is 3.01. The third-order valence-corrected chi connectivity index (χ3v) is 1.28. The van der Waals surface area contributed by atoms with E-state index in [2.05, 4.69) is 17.0 Å². The Morgan fingerprint density at radius 1 is 1.56 bits per heavy atom. The molecule has 0 aliphatic rings. The molecule has 0 aliphatic heterocycles. The summed E-state index contributed by atoms with van der Waals surface area (Å²) < 4.78 is 1.81. The molecule has 50 valence electrons. The molecule has 0 saturated heterocycles. The van der Waals surface area contributed by atoms with E-state index in [0.29, 0.717) is 0 Å². The highest BCUT2D eigenvalue weighted by Gasteiger charge is 1.97. The van der Waals surface area contributed by atoms with Crippen LogP contribution >= 0.6 is 0 Å². The van der Waals surface area contributed by atoms with Crippen molar-refractivity contribution in [3.05, 3.63) is 11.6 Å². The van der Waals surface area contributed by atoms with Crippen LogP contribution in [0.2, 0.25) is 0 Å². The van der Waals surface area contributed by atoms with Gasteiger partial charge in [-0.15, -0.1) is 0 Å². The molecule has 1 aromatic rings. The quantitative estimate of drug-likeness (QED) is 0.552. The minimum atomic E-state index is 0.856. The number of hydrogen-bond acceptors (Lipinski definition) is 2. The van der Waals surface area contributed by atoms with Crippen molar-refractivity contribution in [3.63, 3.8) is 0 Å². The fourth-order valence-corrected chi connectivity index (χ4v) is 0.864. The van der Waals surface area contributed by atoms with Crippen LogP contribution in [0, 0.1) is 6.92 Å². The van der Waals surface area contributed by atoms with Crippen molar-refractivity contribution in [3.8, 4) is 0 Å². The molecular weight excluding hydrogens is 114 g/mol. The predicted molar refractivity (Wildman–Crippen MR) is 35.1 cm³/mol. The van der Waals surface area contributed by atoms with E-state index in [1.807, 2.05) is 18.7 Å². The largest absolute Gasteiger partial charge is 0.253 e. The van der Waals surface area contributed by atoms with E-state index in [0.717, 1.165) is 18.1 Å². The minimum Gasteiger partial charge on any atom is -0.253 e. The van der Waals surface area contributed by atoms with Gasteiger partial charge in [0, 0.05) is 13.5 Å². The van der Waals surface area contributed by atoms with Crippen molar-refractivity contribution in [2.75, 3.05) is 0 Å². The van der Waals surface area contributed by atoms with Gasteiger partial charge in [-0.05, 0) is 6.92 Å². The second-order valence-corrected chi connectivity index (χ2v) is 2.05. The zero-order valence-electron chi connectivity index (χ0n) is 6.05. The summed E-state index contributed by atoms with van der Waals surface area (Å²) in [6.45, 7) is 3.97. The molecule has 0 N–H and O–H groups in total. The Hall–Kier alpha value is -0.860. The van der Waals surface area contributed by atoms with Crippen molar-refractivity contribution in [2.24, 2.45) is 7.05 Å². The van der Waals surface area contributed by atoms with Crippen LogP contribution in [0.1, 0.15) is 18.6 Å². The van der Waals surface area contributed by atoms with Crippen LogP contribution in [0.25, 0.3) is 0 Å². The van der Waals surface area contributed by atoms with E-state index < -0.39 is 0 Å². The zero-order chi connectivity index (χ0) is 6.85. The van der Waals surface area contributed by atoms with Crippen LogP contribution in [0.5, 0.6) is 0 Å². The molecule has 1 rings (SSSR count). The van der Waals surface area contributed by atoms with Gasteiger partial charge in [0.15, 0.2) is 0 Å². The van der Waals surface area contributed by atoms with Gasteiger partial charge in [0.25, 0.3) is 0 Å². The minimum absolute atomic E-state index is 0.856. The molecule has 0 aliphatic carbocycles. The van der Waals surface area contributed by atoms with Gasteiger partial charge >= 0.3 is 0 Å². The Kier molecular flexibility index (Phi) is 1.51. The van der Waals surface area contributed by atoms with E-state index in [1.165, 1.54) is 0 Å². The average Bonchev–Trinajstić information content (AvgIpc) is 2.10. The fourth-order valence-electron chi connectivity index (χ4n) is 0.864. The van der Waals surface area contributed by atoms with Crippen molar-refractivity contribution >= 4 is 0 Å². The smallest absolute Gasteiger partial charge is 0.147 e. The summed E-state index contributed by atoms with van der Waals surface area (Å²) in [6.07, 6.45) is 0.956. The third-order valence-electron chi connectivity index (χ3n) is 1.28. The lowest BCUT2D eigenvalue weighted by Gasteiger charge is -1.90. The van der Waals surface area contributed by atoms with Crippen LogP contribution in [0.15, 0.2) is 0 Å². The summed E-state index contributed by atoms with van der Waals surface area (Å²) >= 11 is 0. The summed E-state index contributed by atoms with van der Waals surface area (Å²) in [5.41, 5.74) is 0. The lowest BCUT2D eigenvalue weighted by molar-refractivity contribution is 0.705. The molecule has 1 heterocycles. The molecule has 0 fully saturated rings. The Labute approximate surface area is 54.7 Å². The fraction of sp³-hybridized carbons (Fsp3) is 0.667. The molecule has 0 unspecified atom stereocenters. The summed E-state index contributed by atoms with van der Waals surface area (Å²) in [6, 6.07) is 0. The second-order valence-electron chi connectivity index (χ2n) is 2.05. The van der Waals surface area contributed by atoms with E-state index in [-0.39, 0.29) is 0 Å². The molecule has 0 saturated carbocycles. The summed E-state index contributed by atoms with van der Waals surface area (Å²) in [5.74, 6) is 1.90. The van der Waals surface area contributed by atoms with E-state index in [4.69, 9.17) is 0 Å². The SMILES string of the molecule is CCc1nc(C)nn1C. The molecule has 0 bridgehead atoms. The van der Waals surface area contributed by atoms with Gasteiger partial charge in [-0.25, -0.2) is 4.98 Å². The van der Waals surface area contributed by atoms with Gasteiger partial charge in [0.05, 0.1) is 0 Å². The van der Waals surface area contributed by atoms with Crippen LogP contribution in [0.3, 0.4) is 0 Å². The molecule has 9 heavy (non-hydrogen) atoms. The lowest BCUT2D eigenvalue weighted by atomic mass is 10.5. The van der Waals surface area contributed by atoms with Crippen molar-refractivity contribution in [2.45, 2.75) is 20.3 Å². The van der Waals surface area contributed by atoms with Gasteiger partial charge < -0.3 is 0 Å². The number of aryl methyl sites for hydroxylation is 3. The highest BCUT2D eigenvalue weighted by molar-refractivity contribution is 4.88. The maximum absolute atomic E-state index is 4.18. The normalized spacial score (nSPS) is 10.1. The van der Waals surface area contributed by atoms with Gasteiger partial charge in [0.1, 0.15) is 11.6 Å². The molecule has 0 aromatic carbocycles. The standard InChI is InChI=1S/C6H11N3/c1-4-6-7-5(2)8-9(6)3/h4H2,1-3H3. The Bertz CT molecular complexity index is 202. The first-order valence-electron chi connectivity index (χ1n) is 3.10. The summed E-state index contributed by atoms with van der Waals surface area (Å²) in [5, 5.41) is 4.09. The monoisotopic (exact) mass is 125 g/mol. The average molecular weight is 125 g/mol. The topological polar surface area (TPSA) is 30.7 Å². The van der Waals surface area contributed by atoms with E-state index in [9.17, 15) is 0 Å². The molecular formula is C6H11N3. The highest BCUT2D eigenvalue weighted by atomic mass is 15.3. The van der Waals surface area contributed by atoms with E-state index in [1.54, 1.807) is 0 Å². The molecule has 0 atom stereocenters. The predicted octanol–water partition coefficient (Wildman–Crippen LogP) is 0.686. The van der Waals surface area contributed by atoms with Crippen molar-refractivity contribution in [1.29, 1.82) is 0 Å². The van der Waals surface area contributed by atoms with Crippen molar-refractivity contribution in [1.82, 2.24) is 14.8 Å². The molecule has 3 heteroatoms. The van der Waals surface area contributed by atoms with E-state index >= 15 is 0 Å². The number of rotatable bonds is 1. The maximum Gasteiger partial charge on any atom is 0.147 e. The Morgan fingerprint density at radius 2 is 2.22 bits per heavy atom. The van der Waals surface area contributed by atoms with Crippen molar-refractivity contribution < 1.29 is 0 Å². The first kappa shape index (κ1) is 6.26. The van der Waals surface area contributed by atoms with Gasteiger partial charge in [-0.3, -0.25) is 4.68 Å². The lowest BCUT2D eigenvalue weighted by Crippen LogP contribution is -1.96. The van der Waals surface area contributed by atoms with Crippen LogP contribution in [0.4, 0.5) is 0 Å². The molecule has 0 radical (unpaired) electrons. The first-order valence-corrected chi connectivity index (χ1v) is 3.10. The molecule has 0 spiro atoms. The van der Waals surface area contributed by atoms with Crippen LogP contribution in [-0.4, -0.2) is 14.8 Å². The molecule has 1 aromatic heterocycles. The molecule has 0 amide bonds. The Morgan fingerprint density at radius 3 is 2.44 bits per heavy atom. The first-order chi connectivity index (χ1) is 4.24. The van der Waals surface area contributed by atoms with Crippen LogP contribution in [-0.2, 0) is 13.5 Å². The van der Waals surface area contributed by atoms with Gasteiger partial charge in [0.2, 0.25) is 0 Å². The van der Waals surface area contributed by atoms with Gasteiger partial charge in [-0.2, -0.15) is 5.10 Å². The zero-order valence-corrected chi connectivity index (χ0v) is 6.05. The molecule has 3 nitrogen and oxygen atoms in total. The maximum atomic E-state index is 4.18. The number of aromatic nitrogens is 3. The number of nitrogens with zero attached hydrogens (tertiary/aromatic N) is 3. The summed E-state index contributed by atoms with van der Waals surface area (Å²) in [7, 11) is 1.92. The number of hydrogen-bond donors (Lipinski definition) is 0. The summed E-state index contributed by atoms with van der Waals surface area (Å²) in [4.78, 5) is 4.18. The van der Waals surface area contributed by atoms with Crippen LogP contribution < -0.4 is 0 Å². The van der Waals surface area contributed by atoms with Gasteiger partial charge in [-0.1, -0.05) is 6.92 Å².